The molecule has 0 aliphatic carbocycles. The molecule has 0 rings (SSSR count). The molecule has 1 unspecified atom stereocenters. The van der Waals surface area contributed by atoms with Gasteiger partial charge >= 0.3 is 0 Å². The Morgan fingerprint density at radius 2 is 1.60 bits per heavy atom. The molecule has 0 aromatic heterocycles. The van der Waals surface area contributed by atoms with Crippen molar-refractivity contribution in [2.75, 3.05) is 0 Å². The molecular weight excluding hydrogens is 252 g/mol. The van der Waals surface area contributed by atoms with Crippen LogP contribution in [0.5, 0.6) is 0 Å². The molecular formula is C17H24O3. The van der Waals surface area contributed by atoms with Crippen LogP contribution < -0.4 is 0 Å². The third-order valence-electron chi connectivity index (χ3n) is 2.59. The fourth-order valence-corrected chi connectivity index (χ4v) is 1.44. The highest BCUT2D eigenvalue weighted by atomic mass is 16.3. The molecule has 0 saturated heterocycles. The van der Waals surface area contributed by atoms with E-state index in [0.29, 0.717) is 6.42 Å². The third kappa shape index (κ3) is 11.6. The van der Waals surface area contributed by atoms with Crippen molar-refractivity contribution in [3.63, 3.8) is 0 Å². The minimum absolute atomic E-state index is 0.544. The molecule has 0 radical (unpaired) electrons. The van der Waals surface area contributed by atoms with E-state index in [1.807, 2.05) is 0 Å². The summed E-state index contributed by atoms with van der Waals surface area (Å²) in [4.78, 5) is 0. The number of hydrogen-bond donors (Lipinski definition) is 3. The molecule has 3 atom stereocenters. The Kier molecular flexibility index (Phi) is 11.6. The van der Waals surface area contributed by atoms with Crippen LogP contribution in [-0.2, 0) is 0 Å². The molecule has 0 aromatic carbocycles. The zero-order valence-corrected chi connectivity index (χ0v) is 12.0. The van der Waals surface area contributed by atoms with Crippen molar-refractivity contribution in [3.05, 3.63) is 24.8 Å². The molecule has 110 valence electrons. The van der Waals surface area contributed by atoms with Crippen LogP contribution in [0.1, 0.15) is 39.0 Å². The second kappa shape index (κ2) is 12.5. The largest absolute Gasteiger partial charge is 0.389 e. The zero-order chi connectivity index (χ0) is 15.2. The predicted molar refractivity (Wildman–Crippen MR) is 81.7 cm³/mol. The number of unbranched alkanes of at least 4 members (excludes halogenated alkanes) is 3. The molecule has 0 bridgehead atoms. The minimum Gasteiger partial charge on any atom is -0.389 e. The SMILES string of the molecule is C=C[C@@H](O)C#CC#C[C@@H](O)/C=C\C(O)CCCCCC. The van der Waals surface area contributed by atoms with Crippen LogP contribution in [0, 0.1) is 23.7 Å². The fourth-order valence-electron chi connectivity index (χ4n) is 1.44. The Labute approximate surface area is 122 Å². The van der Waals surface area contributed by atoms with Gasteiger partial charge in [-0.05, 0) is 24.3 Å². The van der Waals surface area contributed by atoms with Crippen LogP contribution in [0.25, 0.3) is 0 Å². The van der Waals surface area contributed by atoms with Gasteiger partial charge in [-0.15, -0.1) is 0 Å². The van der Waals surface area contributed by atoms with Crippen molar-refractivity contribution < 1.29 is 15.3 Å². The topological polar surface area (TPSA) is 60.7 Å². The van der Waals surface area contributed by atoms with E-state index in [0.717, 1.165) is 12.8 Å². The summed E-state index contributed by atoms with van der Waals surface area (Å²) in [5.74, 6) is 9.75. The molecule has 0 amide bonds. The normalized spacial score (nSPS) is 14.6. The van der Waals surface area contributed by atoms with Crippen molar-refractivity contribution in [3.8, 4) is 23.7 Å². The van der Waals surface area contributed by atoms with Gasteiger partial charge in [0.2, 0.25) is 0 Å². The van der Waals surface area contributed by atoms with E-state index in [1.165, 1.54) is 25.0 Å². The monoisotopic (exact) mass is 276 g/mol. The molecule has 0 aliphatic rings. The zero-order valence-electron chi connectivity index (χ0n) is 12.0. The first-order valence-electron chi connectivity index (χ1n) is 6.96. The molecule has 0 spiro atoms. The van der Waals surface area contributed by atoms with Crippen molar-refractivity contribution in [1.82, 2.24) is 0 Å². The van der Waals surface area contributed by atoms with Gasteiger partial charge in [-0.25, -0.2) is 0 Å². The van der Waals surface area contributed by atoms with E-state index in [2.05, 4.69) is 37.2 Å². The van der Waals surface area contributed by atoms with E-state index in [9.17, 15) is 10.2 Å². The lowest BCUT2D eigenvalue weighted by Gasteiger charge is -2.05. The molecule has 3 heteroatoms. The number of hydrogen-bond acceptors (Lipinski definition) is 3. The van der Waals surface area contributed by atoms with Gasteiger partial charge in [-0.3, -0.25) is 0 Å². The number of rotatable bonds is 8. The van der Waals surface area contributed by atoms with Crippen LogP contribution in [0.2, 0.25) is 0 Å². The summed E-state index contributed by atoms with van der Waals surface area (Å²) in [6, 6.07) is 0. The first kappa shape index (κ1) is 18.5. The van der Waals surface area contributed by atoms with Crippen molar-refractivity contribution in [1.29, 1.82) is 0 Å². The van der Waals surface area contributed by atoms with Crippen LogP contribution in [0.3, 0.4) is 0 Å². The lowest BCUT2D eigenvalue weighted by molar-refractivity contribution is 0.205. The standard InChI is InChI=1S/C17H24O3/c1-3-5-6-7-11-16(19)13-14-17(20)12-9-8-10-15(18)4-2/h4,13-20H,2-3,5-7,11H2,1H3/b14-13-/t15-,16?,17-/m1/s1. The highest BCUT2D eigenvalue weighted by Crippen LogP contribution is 2.06. The molecule has 20 heavy (non-hydrogen) atoms. The molecule has 0 aliphatic heterocycles. The van der Waals surface area contributed by atoms with Gasteiger partial charge < -0.3 is 15.3 Å². The van der Waals surface area contributed by atoms with E-state index in [-0.39, 0.29) is 0 Å². The molecule has 0 saturated carbocycles. The Balaban J connectivity index is 4.02. The third-order valence-corrected chi connectivity index (χ3v) is 2.59. The Morgan fingerprint density at radius 1 is 0.950 bits per heavy atom. The summed E-state index contributed by atoms with van der Waals surface area (Å²) in [7, 11) is 0. The molecule has 3 nitrogen and oxygen atoms in total. The maximum Gasteiger partial charge on any atom is 0.134 e. The summed E-state index contributed by atoms with van der Waals surface area (Å²) in [6.45, 7) is 5.51. The van der Waals surface area contributed by atoms with Gasteiger partial charge in [0.15, 0.2) is 0 Å². The van der Waals surface area contributed by atoms with Crippen LogP contribution >= 0.6 is 0 Å². The van der Waals surface area contributed by atoms with E-state index in [1.54, 1.807) is 6.08 Å². The van der Waals surface area contributed by atoms with Crippen LogP contribution in [0.15, 0.2) is 24.8 Å². The smallest absolute Gasteiger partial charge is 0.134 e. The maximum absolute atomic E-state index is 9.66. The highest BCUT2D eigenvalue weighted by molar-refractivity contribution is 5.31. The lowest BCUT2D eigenvalue weighted by Crippen LogP contribution is -2.05. The summed E-state index contributed by atoms with van der Waals surface area (Å²) in [5, 5.41) is 28.2. The number of aliphatic hydroxyl groups is 3. The van der Waals surface area contributed by atoms with Gasteiger partial charge in [0.25, 0.3) is 0 Å². The van der Waals surface area contributed by atoms with E-state index in [4.69, 9.17) is 5.11 Å². The fraction of sp³-hybridized carbons (Fsp3) is 0.529. The number of aliphatic hydroxyl groups excluding tert-OH is 3. The van der Waals surface area contributed by atoms with Crippen molar-refractivity contribution in [2.45, 2.75) is 57.3 Å². The van der Waals surface area contributed by atoms with E-state index < -0.39 is 18.3 Å². The summed E-state index contributed by atoms with van der Waals surface area (Å²) in [5.41, 5.74) is 0. The van der Waals surface area contributed by atoms with Crippen LogP contribution in [0.4, 0.5) is 0 Å². The minimum atomic E-state index is -0.963. The molecule has 0 fully saturated rings. The summed E-state index contributed by atoms with van der Waals surface area (Å²) in [6.07, 6.45) is 7.02. The van der Waals surface area contributed by atoms with Crippen molar-refractivity contribution in [2.24, 2.45) is 0 Å². The average Bonchev–Trinajstić information content (AvgIpc) is 2.45. The first-order valence-corrected chi connectivity index (χ1v) is 6.96. The van der Waals surface area contributed by atoms with Gasteiger partial charge in [-0.1, -0.05) is 63.2 Å². The lowest BCUT2D eigenvalue weighted by atomic mass is 10.1. The summed E-state index contributed by atoms with van der Waals surface area (Å²) < 4.78 is 0. The predicted octanol–water partition coefficient (Wildman–Crippen LogP) is 1.79. The van der Waals surface area contributed by atoms with Crippen LogP contribution in [-0.4, -0.2) is 33.6 Å². The summed E-state index contributed by atoms with van der Waals surface area (Å²) >= 11 is 0. The second-order valence-electron chi connectivity index (χ2n) is 4.47. The Bertz CT molecular complexity index is 403. The maximum atomic E-state index is 9.66. The Hall–Kier alpha value is -1.52. The van der Waals surface area contributed by atoms with Gasteiger partial charge in [0, 0.05) is 0 Å². The molecule has 0 aromatic rings. The second-order valence-corrected chi connectivity index (χ2v) is 4.47. The van der Waals surface area contributed by atoms with Gasteiger partial charge in [0.05, 0.1) is 6.10 Å². The van der Waals surface area contributed by atoms with E-state index >= 15 is 0 Å². The first-order chi connectivity index (χ1) is 9.60. The van der Waals surface area contributed by atoms with Gasteiger partial charge in [-0.2, -0.15) is 0 Å². The quantitative estimate of drug-likeness (QED) is 0.360. The highest BCUT2D eigenvalue weighted by Gasteiger charge is 1.99. The molecule has 3 N–H and O–H groups in total. The molecule has 0 heterocycles. The average molecular weight is 276 g/mol. The Morgan fingerprint density at radius 3 is 2.20 bits per heavy atom. The van der Waals surface area contributed by atoms with Gasteiger partial charge in [0.1, 0.15) is 12.2 Å². The van der Waals surface area contributed by atoms with Crippen molar-refractivity contribution >= 4 is 0 Å².